The maximum atomic E-state index is 4.27. The number of H-pyrrole nitrogens is 1. The molecule has 0 unspecified atom stereocenters. The van der Waals surface area contributed by atoms with Crippen LogP contribution in [0.5, 0.6) is 0 Å². The van der Waals surface area contributed by atoms with Gasteiger partial charge in [0.1, 0.15) is 5.82 Å². The second-order valence-electron chi connectivity index (χ2n) is 2.93. The lowest BCUT2D eigenvalue weighted by molar-refractivity contribution is 1.16. The summed E-state index contributed by atoms with van der Waals surface area (Å²) in [5.74, 6) is 0.899. The number of hydrogen-bond donors (Lipinski definition) is 2. The Morgan fingerprint density at radius 1 is 1.36 bits per heavy atom. The number of imidazole rings is 1. The normalized spacial score (nSPS) is 10.1. The van der Waals surface area contributed by atoms with E-state index in [0.29, 0.717) is 0 Å². The van der Waals surface area contributed by atoms with E-state index in [1.54, 1.807) is 12.5 Å². The van der Waals surface area contributed by atoms with Gasteiger partial charge in [-0.15, -0.1) is 0 Å². The van der Waals surface area contributed by atoms with Gasteiger partial charge in [0.2, 0.25) is 0 Å². The standard InChI is InChI=1S/C10H12N4/c1-2-12-10-4-3-8(5-13-10)9-6-11-7-14-9/h3-7H,2H2,1H3,(H,11,14)(H,12,13). The van der Waals surface area contributed by atoms with Crippen molar-refractivity contribution < 1.29 is 0 Å². The number of nitrogens with zero attached hydrogens (tertiary/aromatic N) is 2. The molecule has 0 aliphatic heterocycles. The van der Waals surface area contributed by atoms with Gasteiger partial charge in [-0.25, -0.2) is 9.97 Å². The van der Waals surface area contributed by atoms with E-state index >= 15 is 0 Å². The first-order valence-corrected chi connectivity index (χ1v) is 4.59. The summed E-state index contributed by atoms with van der Waals surface area (Å²) in [6.45, 7) is 2.93. The molecule has 0 bridgehead atoms. The molecular formula is C10H12N4. The molecule has 72 valence electrons. The Kier molecular flexibility index (Phi) is 2.44. The van der Waals surface area contributed by atoms with E-state index in [0.717, 1.165) is 23.6 Å². The Hall–Kier alpha value is -1.84. The number of aromatic nitrogens is 3. The largest absolute Gasteiger partial charge is 0.370 e. The van der Waals surface area contributed by atoms with Gasteiger partial charge in [0.15, 0.2) is 0 Å². The summed E-state index contributed by atoms with van der Waals surface area (Å²) >= 11 is 0. The Morgan fingerprint density at radius 2 is 2.29 bits per heavy atom. The lowest BCUT2D eigenvalue weighted by Crippen LogP contribution is -1.98. The van der Waals surface area contributed by atoms with Gasteiger partial charge < -0.3 is 10.3 Å². The molecule has 2 aromatic heterocycles. The molecule has 4 heteroatoms. The smallest absolute Gasteiger partial charge is 0.125 e. The number of anilines is 1. The van der Waals surface area contributed by atoms with Crippen molar-refractivity contribution in [3.63, 3.8) is 0 Å². The molecule has 2 rings (SSSR count). The molecule has 2 aromatic rings. The van der Waals surface area contributed by atoms with Crippen molar-refractivity contribution in [2.24, 2.45) is 0 Å². The first-order valence-electron chi connectivity index (χ1n) is 4.59. The second kappa shape index (κ2) is 3.91. The summed E-state index contributed by atoms with van der Waals surface area (Å²) in [6.07, 6.45) is 5.27. The first kappa shape index (κ1) is 8.74. The maximum absolute atomic E-state index is 4.27. The SMILES string of the molecule is CCNc1ccc(-c2cnc[nH]2)cn1. The van der Waals surface area contributed by atoms with Crippen LogP contribution in [0.4, 0.5) is 5.82 Å². The van der Waals surface area contributed by atoms with Crippen LogP contribution in [0.15, 0.2) is 30.9 Å². The van der Waals surface area contributed by atoms with Crippen molar-refractivity contribution in [2.45, 2.75) is 6.92 Å². The zero-order valence-electron chi connectivity index (χ0n) is 7.99. The summed E-state index contributed by atoms with van der Waals surface area (Å²) in [6, 6.07) is 3.97. The van der Waals surface area contributed by atoms with Crippen LogP contribution in [0.3, 0.4) is 0 Å². The minimum absolute atomic E-state index is 0.885. The van der Waals surface area contributed by atoms with Crippen molar-refractivity contribution in [3.05, 3.63) is 30.9 Å². The Labute approximate surface area is 82.4 Å². The number of pyridine rings is 1. The summed E-state index contributed by atoms with van der Waals surface area (Å²) in [5, 5.41) is 3.14. The topological polar surface area (TPSA) is 53.6 Å². The fraction of sp³-hybridized carbons (Fsp3) is 0.200. The highest BCUT2D eigenvalue weighted by Crippen LogP contribution is 2.15. The van der Waals surface area contributed by atoms with Crippen molar-refractivity contribution in [2.75, 3.05) is 11.9 Å². The molecule has 2 heterocycles. The molecule has 4 nitrogen and oxygen atoms in total. The monoisotopic (exact) mass is 188 g/mol. The molecule has 0 aliphatic carbocycles. The number of hydrogen-bond acceptors (Lipinski definition) is 3. The third-order valence-electron chi connectivity index (χ3n) is 1.93. The molecule has 0 saturated carbocycles. The molecule has 0 amide bonds. The van der Waals surface area contributed by atoms with Crippen LogP contribution in [0.25, 0.3) is 11.3 Å². The van der Waals surface area contributed by atoms with Crippen LogP contribution in [0.1, 0.15) is 6.92 Å². The highest BCUT2D eigenvalue weighted by Gasteiger charge is 1.98. The Bertz CT molecular complexity index is 377. The minimum Gasteiger partial charge on any atom is -0.370 e. The first-order chi connectivity index (χ1) is 6.90. The van der Waals surface area contributed by atoms with Gasteiger partial charge in [-0.1, -0.05) is 0 Å². The van der Waals surface area contributed by atoms with Crippen LogP contribution in [0.2, 0.25) is 0 Å². The summed E-state index contributed by atoms with van der Waals surface area (Å²) in [5.41, 5.74) is 2.03. The molecule has 0 atom stereocenters. The summed E-state index contributed by atoms with van der Waals surface area (Å²) in [4.78, 5) is 11.3. The molecule has 0 spiro atoms. The van der Waals surface area contributed by atoms with E-state index < -0.39 is 0 Å². The van der Waals surface area contributed by atoms with E-state index in [4.69, 9.17) is 0 Å². The number of rotatable bonds is 3. The summed E-state index contributed by atoms with van der Waals surface area (Å²) < 4.78 is 0. The molecule has 14 heavy (non-hydrogen) atoms. The average Bonchev–Trinajstić information content (AvgIpc) is 2.72. The van der Waals surface area contributed by atoms with E-state index in [1.807, 2.05) is 25.3 Å². The molecule has 0 aliphatic rings. The van der Waals surface area contributed by atoms with Gasteiger partial charge in [-0.05, 0) is 19.1 Å². The highest BCUT2D eigenvalue weighted by molar-refractivity contribution is 5.58. The second-order valence-corrected chi connectivity index (χ2v) is 2.93. The average molecular weight is 188 g/mol. The van der Waals surface area contributed by atoms with Crippen LogP contribution in [-0.4, -0.2) is 21.5 Å². The maximum Gasteiger partial charge on any atom is 0.125 e. The van der Waals surface area contributed by atoms with Crippen molar-refractivity contribution in [3.8, 4) is 11.3 Å². The molecule has 0 saturated heterocycles. The van der Waals surface area contributed by atoms with Gasteiger partial charge in [-0.3, -0.25) is 0 Å². The quantitative estimate of drug-likeness (QED) is 0.773. The fourth-order valence-corrected chi connectivity index (χ4v) is 1.25. The van der Waals surface area contributed by atoms with Crippen molar-refractivity contribution in [1.29, 1.82) is 0 Å². The molecular weight excluding hydrogens is 176 g/mol. The van der Waals surface area contributed by atoms with Crippen LogP contribution in [-0.2, 0) is 0 Å². The minimum atomic E-state index is 0.885. The van der Waals surface area contributed by atoms with Gasteiger partial charge in [0.25, 0.3) is 0 Å². The van der Waals surface area contributed by atoms with E-state index in [2.05, 4.69) is 20.3 Å². The highest BCUT2D eigenvalue weighted by atomic mass is 15.0. The summed E-state index contributed by atoms with van der Waals surface area (Å²) in [7, 11) is 0. The number of aromatic amines is 1. The van der Waals surface area contributed by atoms with E-state index in [-0.39, 0.29) is 0 Å². The molecule has 0 fully saturated rings. The Morgan fingerprint density at radius 3 is 2.86 bits per heavy atom. The molecule has 2 N–H and O–H groups in total. The van der Waals surface area contributed by atoms with Gasteiger partial charge >= 0.3 is 0 Å². The van der Waals surface area contributed by atoms with Gasteiger partial charge in [-0.2, -0.15) is 0 Å². The predicted octanol–water partition coefficient (Wildman–Crippen LogP) is 1.90. The van der Waals surface area contributed by atoms with E-state index in [1.165, 1.54) is 0 Å². The fourth-order valence-electron chi connectivity index (χ4n) is 1.25. The van der Waals surface area contributed by atoms with Crippen LogP contribution in [0, 0.1) is 0 Å². The lowest BCUT2D eigenvalue weighted by Gasteiger charge is -2.02. The van der Waals surface area contributed by atoms with Crippen molar-refractivity contribution in [1.82, 2.24) is 15.0 Å². The number of nitrogens with one attached hydrogen (secondary N) is 2. The Balaban J connectivity index is 2.22. The van der Waals surface area contributed by atoms with Crippen LogP contribution >= 0.6 is 0 Å². The van der Waals surface area contributed by atoms with Crippen molar-refractivity contribution >= 4 is 5.82 Å². The third kappa shape index (κ3) is 1.74. The van der Waals surface area contributed by atoms with Gasteiger partial charge in [0, 0.05) is 18.3 Å². The van der Waals surface area contributed by atoms with E-state index in [9.17, 15) is 0 Å². The third-order valence-corrected chi connectivity index (χ3v) is 1.93. The zero-order valence-corrected chi connectivity index (χ0v) is 7.99. The molecule has 0 radical (unpaired) electrons. The zero-order chi connectivity index (χ0) is 9.80. The predicted molar refractivity (Wildman–Crippen MR) is 56.0 cm³/mol. The van der Waals surface area contributed by atoms with Crippen LogP contribution < -0.4 is 5.32 Å². The molecule has 0 aromatic carbocycles. The van der Waals surface area contributed by atoms with Gasteiger partial charge in [0.05, 0.1) is 18.2 Å². The lowest BCUT2D eigenvalue weighted by atomic mass is 10.2.